The van der Waals surface area contributed by atoms with Crippen LogP contribution in [0.25, 0.3) is 0 Å². The van der Waals surface area contributed by atoms with Gasteiger partial charge in [-0.05, 0) is 29.7 Å². The minimum absolute atomic E-state index is 0.000925. The fourth-order valence-electron chi connectivity index (χ4n) is 3.37. The van der Waals surface area contributed by atoms with Crippen LogP contribution in [0, 0.1) is 0 Å². The van der Waals surface area contributed by atoms with E-state index in [0.717, 1.165) is 42.5 Å². The minimum Gasteiger partial charge on any atom is -0.348 e. The molecule has 1 aromatic heterocycles. The quantitative estimate of drug-likeness (QED) is 0.604. The van der Waals surface area contributed by atoms with Crippen LogP contribution >= 0.6 is 11.8 Å². The normalized spacial score (nSPS) is 16.9. The third-order valence-corrected chi connectivity index (χ3v) is 5.79. The Hall–Kier alpha value is -2.64. The first-order chi connectivity index (χ1) is 13.8. The number of carbonyl (C=O) groups excluding carboxylic acids is 1. The lowest BCUT2D eigenvalue weighted by Crippen LogP contribution is -2.36. The van der Waals surface area contributed by atoms with Gasteiger partial charge < -0.3 is 5.32 Å². The second-order valence-corrected chi connectivity index (χ2v) is 7.92. The smallest absolute Gasteiger partial charge is 0.251 e. The molecule has 0 aliphatic carbocycles. The maximum Gasteiger partial charge on any atom is 0.251 e. The van der Waals surface area contributed by atoms with Crippen LogP contribution < -0.4 is 5.32 Å². The number of nitrogens with zero attached hydrogens (tertiary/aromatic N) is 3. The average molecular weight is 394 g/mol. The van der Waals surface area contributed by atoms with E-state index in [-0.39, 0.29) is 11.9 Å². The Labute approximate surface area is 168 Å². The summed E-state index contributed by atoms with van der Waals surface area (Å²) >= 11 is 1.59. The summed E-state index contributed by atoms with van der Waals surface area (Å²) in [6, 6.07) is 18.4. The molecule has 0 radical (unpaired) electrons. The number of likely N-dealkylation sites (tertiary alicyclic amines) is 1. The molecule has 2 aromatic carbocycles. The molecule has 1 fully saturated rings. The number of hydrogen-bond donors (Lipinski definition) is 2. The van der Waals surface area contributed by atoms with Crippen molar-refractivity contribution >= 4 is 17.7 Å². The van der Waals surface area contributed by atoms with Crippen molar-refractivity contribution in [2.45, 2.75) is 29.9 Å². The second-order valence-electron chi connectivity index (χ2n) is 6.96. The standard InChI is InChI=1S/C21H23N5OS/c27-20(18-8-6-17(7-9-18)14-28-21-22-15-23-25-21)24-19-10-11-26(13-19)12-16-4-2-1-3-5-16/h1-9,15,19H,10-14H2,(H,24,27)(H,22,23,25). The van der Waals surface area contributed by atoms with Crippen molar-refractivity contribution in [3.05, 3.63) is 77.6 Å². The van der Waals surface area contributed by atoms with Gasteiger partial charge in [0.1, 0.15) is 6.33 Å². The van der Waals surface area contributed by atoms with E-state index in [1.807, 2.05) is 30.3 Å². The Morgan fingerprint density at radius 2 is 1.96 bits per heavy atom. The fourth-order valence-corrected chi connectivity index (χ4v) is 4.11. The lowest BCUT2D eigenvalue weighted by Gasteiger charge is -2.17. The van der Waals surface area contributed by atoms with E-state index in [1.54, 1.807) is 11.8 Å². The highest BCUT2D eigenvalue weighted by Gasteiger charge is 2.24. The van der Waals surface area contributed by atoms with E-state index in [0.29, 0.717) is 5.56 Å². The lowest BCUT2D eigenvalue weighted by atomic mass is 10.1. The van der Waals surface area contributed by atoms with Crippen LogP contribution in [0.5, 0.6) is 0 Å². The van der Waals surface area contributed by atoms with Crippen LogP contribution in [0.3, 0.4) is 0 Å². The number of thioether (sulfide) groups is 1. The van der Waals surface area contributed by atoms with Gasteiger partial charge >= 0.3 is 0 Å². The third-order valence-electron chi connectivity index (χ3n) is 4.84. The van der Waals surface area contributed by atoms with E-state index < -0.39 is 0 Å². The zero-order valence-electron chi connectivity index (χ0n) is 15.5. The Morgan fingerprint density at radius 1 is 1.14 bits per heavy atom. The molecule has 0 saturated carbocycles. The SMILES string of the molecule is O=C(NC1CCN(Cc2ccccc2)C1)c1ccc(CSc2ncn[nH]2)cc1. The predicted molar refractivity (Wildman–Crippen MR) is 110 cm³/mol. The number of nitrogens with one attached hydrogen (secondary N) is 2. The molecule has 0 spiro atoms. The summed E-state index contributed by atoms with van der Waals surface area (Å²) in [6.07, 6.45) is 2.49. The molecule has 1 aliphatic rings. The third kappa shape index (κ3) is 4.99. The van der Waals surface area contributed by atoms with Crippen LogP contribution in [0.1, 0.15) is 27.9 Å². The molecule has 1 aliphatic heterocycles. The van der Waals surface area contributed by atoms with Crippen molar-refractivity contribution < 1.29 is 4.79 Å². The van der Waals surface area contributed by atoms with E-state index in [4.69, 9.17) is 0 Å². The Morgan fingerprint density at radius 3 is 2.71 bits per heavy atom. The molecular formula is C21H23N5OS. The highest BCUT2D eigenvalue weighted by Crippen LogP contribution is 2.19. The molecule has 7 heteroatoms. The molecule has 6 nitrogen and oxygen atoms in total. The van der Waals surface area contributed by atoms with Gasteiger partial charge in [0.15, 0.2) is 5.16 Å². The molecule has 1 unspecified atom stereocenters. The number of amides is 1. The number of benzene rings is 2. The number of carbonyl (C=O) groups is 1. The minimum atomic E-state index is 0.000925. The van der Waals surface area contributed by atoms with Gasteiger partial charge in [-0.1, -0.05) is 54.2 Å². The zero-order valence-corrected chi connectivity index (χ0v) is 16.4. The summed E-state index contributed by atoms with van der Waals surface area (Å²) in [7, 11) is 0. The van der Waals surface area contributed by atoms with Gasteiger partial charge in [0.05, 0.1) is 0 Å². The van der Waals surface area contributed by atoms with Crippen molar-refractivity contribution in [1.29, 1.82) is 0 Å². The van der Waals surface area contributed by atoms with Gasteiger partial charge in [0.25, 0.3) is 5.91 Å². The van der Waals surface area contributed by atoms with E-state index >= 15 is 0 Å². The fraction of sp³-hybridized carbons (Fsp3) is 0.286. The summed E-state index contributed by atoms with van der Waals surface area (Å²) in [5.41, 5.74) is 3.16. The number of aromatic amines is 1. The monoisotopic (exact) mass is 393 g/mol. The first kappa shape index (κ1) is 18.7. The number of H-pyrrole nitrogens is 1. The molecular weight excluding hydrogens is 370 g/mol. The number of aromatic nitrogens is 3. The summed E-state index contributed by atoms with van der Waals surface area (Å²) in [6.45, 7) is 2.84. The molecule has 2 N–H and O–H groups in total. The summed E-state index contributed by atoms with van der Waals surface area (Å²) in [5, 5.41) is 10.6. The van der Waals surface area contributed by atoms with E-state index in [2.05, 4.69) is 49.7 Å². The average Bonchev–Trinajstić information content (AvgIpc) is 3.40. The Bertz CT molecular complexity index is 883. The van der Waals surface area contributed by atoms with Crippen molar-refractivity contribution in [2.24, 2.45) is 0 Å². The molecule has 1 amide bonds. The lowest BCUT2D eigenvalue weighted by molar-refractivity contribution is 0.0937. The van der Waals surface area contributed by atoms with Crippen LogP contribution in [0.15, 0.2) is 66.1 Å². The maximum absolute atomic E-state index is 12.6. The summed E-state index contributed by atoms with van der Waals surface area (Å²) in [5.74, 6) is 0.787. The van der Waals surface area contributed by atoms with Crippen LogP contribution in [-0.4, -0.2) is 45.1 Å². The van der Waals surface area contributed by atoms with Crippen molar-refractivity contribution in [2.75, 3.05) is 13.1 Å². The van der Waals surface area contributed by atoms with E-state index in [1.165, 1.54) is 11.9 Å². The van der Waals surface area contributed by atoms with Gasteiger partial charge in [0.2, 0.25) is 0 Å². The molecule has 144 valence electrons. The topological polar surface area (TPSA) is 73.9 Å². The Kier molecular flexibility index (Phi) is 6.04. The zero-order chi connectivity index (χ0) is 19.2. The molecule has 0 bridgehead atoms. The van der Waals surface area contributed by atoms with Crippen molar-refractivity contribution in [3.63, 3.8) is 0 Å². The van der Waals surface area contributed by atoms with Gasteiger partial charge in [-0.2, -0.15) is 5.10 Å². The van der Waals surface area contributed by atoms with Crippen molar-refractivity contribution in [1.82, 2.24) is 25.4 Å². The van der Waals surface area contributed by atoms with Crippen molar-refractivity contribution in [3.8, 4) is 0 Å². The highest BCUT2D eigenvalue weighted by molar-refractivity contribution is 7.98. The highest BCUT2D eigenvalue weighted by atomic mass is 32.2. The van der Waals surface area contributed by atoms with Crippen LogP contribution in [-0.2, 0) is 12.3 Å². The van der Waals surface area contributed by atoms with E-state index in [9.17, 15) is 4.79 Å². The molecule has 1 atom stereocenters. The van der Waals surface area contributed by atoms with Gasteiger partial charge in [-0.25, -0.2) is 4.98 Å². The summed E-state index contributed by atoms with van der Waals surface area (Å²) in [4.78, 5) is 19.1. The first-order valence-corrected chi connectivity index (χ1v) is 10.4. The first-order valence-electron chi connectivity index (χ1n) is 9.40. The van der Waals surface area contributed by atoms with Gasteiger partial charge in [-0.3, -0.25) is 14.8 Å². The predicted octanol–water partition coefficient (Wildman–Crippen LogP) is 3.10. The van der Waals surface area contributed by atoms with Crippen LogP contribution in [0.4, 0.5) is 0 Å². The molecule has 3 aromatic rings. The van der Waals surface area contributed by atoms with Gasteiger partial charge in [0, 0.05) is 37.0 Å². The number of hydrogen-bond acceptors (Lipinski definition) is 5. The maximum atomic E-state index is 12.6. The van der Waals surface area contributed by atoms with Crippen LogP contribution in [0.2, 0.25) is 0 Å². The summed E-state index contributed by atoms with van der Waals surface area (Å²) < 4.78 is 0. The molecule has 2 heterocycles. The second kappa shape index (κ2) is 9.03. The van der Waals surface area contributed by atoms with Gasteiger partial charge in [-0.15, -0.1) is 0 Å². The molecule has 28 heavy (non-hydrogen) atoms. The number of rotatable bonds is 7. The Balaban J connectivity index is 1.25. The molecule has 1 saturated heterocycles. The molecule has 4 rings (SSSR count). The largest absolute Gasteiger partial charge is 0.348 e.